The first-order chi connectivity index (χ1) is 17.3. The highest BCUT2D eigenvalue weighted by Crippen LogP contribution is 2.24. The van der Waals surface area contributed by atoms with E-state index in [9.17, 15) is 9.59 Å². The summed E-state index contributed by atoms with van der Waals surface area (Å²) in [6.45, 7) is 3.96. The van der Waals surface area contributed by atoms with E-state index in [1.165, 1.54) is 6.21 Å². The number of hydrazone groups is 1. The van der Waals surface area contributed by atoms with Gasteiger partial charge in [-0.2, -0.15) is 5.10 Å². The van der Waals surface area contributed by atoms with Gasteiger partial charge in [0.1, 0.15) is 24.1 Å². The van der Waals surface area contributed by atoms with Crippen molar-refractivity contribution in [3.8, 4) is 11.5 Å². The fourth-order valence-electron chi connectivity index (χ4n) is 3.25. The Balaban J connectivity index is 1.62. The summed E-state index contributed by atoms with van der Waals surface area (Å²) in [4.78, 5) is 25.4. The summed E-state index contributed by atoms with van der Waals surface area (Å²) in [6.07, 6.45) is 1.49. The van der Waals surface area contributed by atoms with E-state index >= 15 is 0 Å². The normalized spacial score (nSPS) is 11.8. The molecule has 1 atom stereocenters. The standard InChI is InChI=1S/C27H27Cl2N3O4/c1-17(2)25(31-26(33)19-9-11-21(35-3)12-10-19)27(34)32-30-15-20-6-4-5-7-24(20)36-16-18-8-13-22(28)23(29)14-18/h4-15,17,25H,16H2,1-3H3,(H,31,33)(H,32,34). The number of ether oxygens (including phenoxy) is 2. The molecule has 0 saturated carbocycles. The monoisotopic (exact) mass is 527 g/mol. The zero-order valence-corrected chi connectivity index (χ0v) is 21.6. The second-order valence-corrected chi connectivity index (χ2v) is 9.05. The molecule has 3 aromatic rings. The molecule has 0 aliphatic heterocycles. The maximum absolute atomic E-state index is 12.8. The Bertz CT molecular complexity index is 1230. The van der Waals surface area contributed by atoms with E-state index < -0.39 is 11.9 Å². The Morgan fingerprint density at radius 3 is 2.39 bits per heavy atom. The minimum absolute atomic E-state index is 0.163. The highest BCUT2D eigenvalue weighted by atomic mass is 35.5. The first-order valence-corrected chi connectivity index (χ1v) is 12.0. The van der Waals surface area contributed by atoms with Crippen molar-refractivity contribution in [2.24, 2.45) is 11.0 Å². The van der Waals surface area contributed by atoms with Crippen LogP contribution in [0.25, 0.3) is 0 Å². The van der Waals surface area contributed by atoms with Crippen molar-refractivity contribution in [3.05, 3.63) is 93.5 Å². The van der Waals surface area contributed by atoms with Crippen LogP contribution in [0.1, 0.15) is 35.3 Å². The minimum atomic E-state index is -0.780. The first kappa shape index (κ1) is 27.0. The minimum Gasteiger partial charge on any atom is -0.497 e. The van der Waals surface area contributed by atoms with Gasteiger partial charge in [0.2, 0.25) is 0 Å². The zero-order chi connectivity index (χ0) is 26.1. The van der Waals surface area contributed by atoms with Gasteiger partial charge in [-0.15, -0.1) is 0 Å². The lowest BCUT2D eigenvalue weighted by atomic mass is 10.0. The number of methoxy groups -OCH3 is 1. The fourth-order valence-corrected chi connectivity index (χ4v) is 3.57. The quantitative estimate of drug-likeness (QED) is 0.269. The van der Waals surface area contributed by atoms with E-state index in [-0.39, 0.29) is 18.4 Å². The average Bonchev–Trinajstić information content (AvgIpc) is 2.88. The third-order valence-electron chi connectivity index (χ3n) is 5.26. The third-order valence-corrected chi connectivity index (χ3v) is 6.00. The molecule has 0 heterocycles. The molecule has 2 amide bonds. The van der Waals surface area contributed by atoms with Crippen molar-refractivity contribution in [1.82, 2.24) is 10.7 Å². The van der Waals surface area contributed by atoms with Crippen molar-refractivity contribution in [2.75, 3.05) is 7.11 Å². The molecule has 0 aromatic heterocycles. The molecule has 2 N–H and O–H groups in total. The Kier molecular flexibility index (Phi) is 9.73. The molecule has 0 bridgehead atoms. The number of hydrogen-bond donors (Lipinski definition) is 2. The Morgan fingerprint density at radius 1 is 1.00 bits per heavy atom. The first-order valence-electron chi connectivity index (χ1n) is 11.2. The van der Waals surface area contributed by atoms with Crippen LogP contribution in [0.5, 0.6) is 11.5 Å². The molecular weight excluding hydrogens is 501 g/mol. The Hall–Kier alpha value is -3.55. The lowest BCUT2D eigenvalue weighted by Gasteiger charge is -2.20. The Labute approximate surface area is 220 Å². The molecule has 0 spiro atoms. The van der Waals surface area contributed by atoms with E-state index in [1.807, 2.05) is 38.1 Å². The van der Waals surface area contributed by atoms with Crippen LogP contribution in [-0.4, -0.2) is 31.2 Å². The number of rotatable bonds is 10. The number of benzene rings is 3. The van der Waals surface area contributed by atoms with Crippen molar-refractivity contribution < 1.29 is 19.1 Å². The molecule has 9 heteroatoms. The number of nitrogens with zero attached hydrogens (tertiary/aromatic N) is 1. The summed E-state index contributed by atoms with van der Waals surface area (Å²) in [7, 11) is 1.55. The van der Waals surface area contributed by atoms with Crippen LogP contribution in [0.2, 0.25) is 10.0 Å². The van der Waals surface area contributed by atoms with Gasteiger partial charge in [-0.1, -0.05) is 55.2 Å². The Morgan fingerprint density at radius 2 is 1.72 bits per heavy atom. The highest BCUT2D eigenvalue weighted by molar-refractivity contribution is 6.42. The van der Waals surface area contributed by atoms with Gasteiger partial charge in [0.05, 0.1) is 23.4 Å². The molecule has 188 valence electrons. The third kappa shape index (κ3) is 7.47. The molecule has 0 aliphatic carbocycles. The van der Waals surface area contributed by atoms with Gasteiger partial charge in [-0.25, -0.2) is 5.43 Å². The molecule has 36 heavy (non-hydrogen) atoms. The van der Waals surface area contributed by atoms with Gasteiger partial charge in [-0.05, 0) is 60.0 Å². The van der Waals surface area contributed by atoms with Crippen LogP contribution in [0, 0.1) is 5.92 Å². The summed E-state index contributed by atoms with van der Waals surface area (Å²) < 4.78 is 11.0. The number of para-hydroxylation sites is 1. The summed E-state index contributed by atoms with van der Waals surface area (Å²) in [5.41, 5.74) is 4.46. The summed E-state index contributed by atoms with van der Waals surface area (Å²) in [5.74, 6) is 0.258. The highest BCUT2D eigenvalue weighted by Gasteiger charge is 2.24. The van der Waals surface area contributed by atoms with E-state index in [2.05, 4.69) is 15.8 Å². The van der Waals surface area contributed by atoms with Crippen molar-refractivity contribution in [3.63, 3.8) is 0 Å². The van der Waals surface area contributed by atoms with Gasteiger partial charge in [0.25, 0.3) is 11.8 Å². The lowest BCUT2D eigenvalue weighted by molar-refractivity contribution is -0.123. The summed E-state index contributed by atoms with van der Waals surface area (Å²) >= 11 is 12.0. The largest absolute Gasteiger partial charge is 0.497 e. The predicted molar refractivity (Wildman–Crippen MR) is 142 cm³/mol. The number of nitrogens with one attached hydrogen (secondary N) is 2. The molecule has 0 radical (unpaired) electrons. The smallest absolute Gasteiger partial charge is 0.262 e. The topological polar surface area (TPSA) is 89.0 Å². The molecule has 1 unspecified atom stereocenters. The van der Waals surface area contributed by atoms with Gasteiger partial charge >= 0.3 is 0 Å². The molecular formula is C27H27Cl2N3O4. The van der Waals surface area contributed by atoms with Crippen LogP contribution in [-0.2, 0) is 11.4 Å². The molecule has 0 aliphatic rings. The van der Waals surface area contributed by atoms with Gasteiger partial charge < -0.3 is 14.8 Å². The van der Waals surface area contributed by atoms with E-state index in [0.29, 0.717) is 32.7 Å². The van der Waals surface area contributed by atoms with Crippen molar-refractivity contribution in [2.45, 2.75) is 26.5 Å². The number of carbonyl (C=O) groups is 2. The zero-order valence-electron chi connectivity index (χ0n) is 20.1. The summed E-state index contributed by atoms with van der Waals surface area (Å²) in [6, 6.07) is 18.4. The van der Waals surface area contributed by atoms with Gasteiger partial charge in [0, 0.05) is 11.1 Å². The van der Waals surface area contributed by atoms with Gasteiger partial charge in [-0.3, -0.25) is 9.59 Å². The molecule has 0 fully saturated rings. The second kappa shape index (κ2) is 13.0. The number of halogens is 2. The number of hydrogen-bond acceptors (Lipinski definition) is 5. The fraction of sp³-hybridized carbons (Fsp3) is 0.222. The van der Waals surface area contributed by atoms with Crippen LogP contribution in [0.4, 0.5) is 0 Å². The maximum Gasteiger partial charge on any atom is 0.262 e. The van der Waals surface area contributed by atoms with Crippen LogP contribution >= 0.6 is 23.2 Å². The predicted octanol–water partition coefficient (Wildman–Crippen LogP) is 5.49. The number of amides is 2. The maximum atomic E-state index is 12.8. The summed E-state index contributed by atoms with van der Waals surface area (Å²) in [5, 5.41) is 7.77. The lowest BCUT2D eigenvalue weighted by Crippen LogP contribution is -2.48. The average molecular weight is 528 g/mol. The van der Waals surface area contributed by atoms with E-state index in [4.69, 9.17) is 32.7 Å². The number of carbonyl (C=O) groups excluding carboxylic acids is 2. The van der Waals surface area contributed by atoms with Crippen LogP contribution in [0.15, 0.2) is 71.8 Å². The van der Waals surface area contributed by atoms with Crippen LogP contribution in [0.3, 0.4) is 0 Å². The molecule has 3 rings (SSSR count). The van der Waals surface area contributed by atoms with Gasteiger partial charge in [0.15, 0.2) is 0 Å². The van der Waals surface area contributed by atoms with Crippen LogP contribution < -0.4 is 20.2 Å². The molecule has 3 aromatic carbocycles. The van der Waals surface area contributed by atoms with Crippen molar-refractivity contribution in [1.29, 1.82) is 0 Å². The van der Waals surface area contributed by atoms with Crippen molar-refractivity contribution >= 4 is 41.2 Å². The molecule has 7 nitrogen and oxygen atoms in total. The van der Waals surface area contributed by atoms with E-state index in [1.54, 1.807) is 49.6 Å². The SMILES string of the molecule is COc1ccc(C(=O)NC(C(=O)NN=Cc2ccccc2OCc2ccc(Cl)c(Cl)c2)C(C)C)cc1. The molecule has 0 saturated heterocycles. The van der Waals surface area contributed by atoms with E-state index in [0.717, 1.165) is 5.56 Å². The second-order valence-electron chi connectivity index (χ2n) is 8.23.